The number of hydrogen-bond donors (Lipinski definition) is 1. The highest BCUT2D eigenvalue weighted by atomic mass is 15.2. The van der Waals surface area contributed by atoms with E-state index in [1.165, 1.54) is 37.1 Å². The molecule has 1 N–H and O–H groups in total. The fraction of sp³-hybridized carbons (Fsp3) is 0.438. The van der Waals surface area contributed by atoms with Crippen molar-refractivity contribution >= 4 is 10.9 Å². The lowest BCUT2D eigenvalue weighted by atomic mass is 10.0. The van der Waals surface area contributed by atoms with Crippen LogP contribution in [0.1, 0.15) is 5.56 Å². The van der Waals surface area contributed by atoms with Gasteiger partial charge in [-0.05, 0) is 42.6 Å². The molecule has 0 aliphatic carbocycles. The third-order valence-corrected chi connectivity index (χ3v) is 4.52. The van der Waals surface area contributed by atoms with Gasteiger partial charge in [-0.2, -0.15) is 0 Å². The first-order chi connectivity index (χ1) is 9.38. The highest BCUT2D eigenvalue weighted by Crippen LogP contribution is 2.27. The molecule has 1 aromatic heterocycles. The molecular formula is C16H19N3. The summed E-state index contributed by atoms with van der Waals surface area (Å²) >= 11 is 0. The van der Waals surface area contributed by atoms with Crippen LogP contribution in [0.15, 0.2) is 36.5 Å². The molecule has 2 aliphatic heterocycles. The second kappa shape index (κ2) is 4.58. The van der Waals surface area contributed by atoms with Crippen LogP contribution in [0.2, 0.25) is 0 Å². The van der Waals surface area contributed by atoms with Gasteiger partial charge in [0.25, 0.3) is 0 Å². The second-order valence-electron chi connectivity index (χ2n) is 5.91. The van der Waals surface area contributed by atoms with Gasteiger partial charge < -0.3 is 5.32 Å². The van der Waals surface area contributed by atoms with E-state index in [0.29, 0.717) is 0 Å². The summed E-state index contributed by atoms with van der Waals surface area (Å²) in [6.45, 7) is 5.94. The summed E-state index contributed by atoms with van der Waals surface area (Å²) in [4.78, 5) is 7.14. The molecule has 3 heterocycles. The minimum Gasteiger partial charge on any atom is -0.316 e. The van der Waals surface area contributed by atoms with Crippen molar-refractivity contribution in [2.45, 2.75) is 6.54 Å². The number of aromatic nitrogens is 1. The minimum atomic E-state index is 0.869. The number of benzene rings is 1. The topological polar surface area (TPSA) is 28.2 Å². The van der Waals surface area contributed by atoms with Gasteiger partial charge in [0, 0.05) is 31.2 Å². The van der Waals surface area contributed by atoms with E-state index < -0.39 is 0 Å². The average Bonchev–Trinajstić information content (AvgIpc) is 2.99. The molecule has 1 aromatic carbocycles. The zero-order chi connectivity index (χ0) is 12.7. The molecular weight excluding hydrogens is 234 g/mol. The molecule has 4 rings (SSSR count). The molecule has 2 aromatic rings. The Kier molecular flexibility index (Phi) is 2.75. The average molecular weight is 253 g/mol. The quantitative estimate of drug-likeness (QED) is 0.886. The third-order valence-electron chi connectivity index (χ3n) is 4.52. The van der Waals surface area contributed by atoms with Crippen LogP contribution in [-0.2, 0) is 6.54 Å². The normalized spacial score (nSPS) is 26.9. The van der Waals surface area contributed by atoms with Crippen molar-refractivity contribution in [1.82, 2.24) is 15.2 Å². The van der Waals surface area contributed by atoms with Crippen LogP contribution in [-0.4, -0.2) is 36.1 Å². The summed E-state index contributed by atoms with van der Waals surface area (Å²) < 4.78 is 0. The summed E-state index contributed by atoms with van der Waals surface area (Å²) in [5, 5.41) is 4.74. The maximum absolute atomic E-state index is 4.56. The van der Waals surface area contributed by atoms with Gasteiger partial charge in [-0.3, -0.25) is 9.88 Å². The van der Waals surface area contributed by atoms with Crippen molar-refractivity contribution in [3.63, 3.8) is 0 Å². The van der Waals surface area contributed by atoms with Crippen molar-refractivity contribution in [1.29, 1.82) is 0 Å². The van der Waals surface area contributed by atoms with Gasteiger partial charge in [-0.1, -0.05) is 18.2 Å². The number of nitrogens with zero attached hydrogens (tertiary/aromatic N) is 2. The summed E-state index contributed by atoms with van der Waals surface area (Å²) in [6.07, 6.45) is 2.04. The van der Waals surface area contributed by atoms with Crippen LogP contribution < -0.4 is 5.32 Å². The lowest BCUT2D eigenvalue weighted by Gasteiger charge is -2.17. The zero-order valence-corrected chi connectivity index (χ0v) is 11.0. The molecule has 2 saturated heterocycles. The van der Waals surface area contributed by atoms with Crippen LogP contribution in [0.25, 0.3) is 10.9 Å². The van der Waals surface area contributed by atoms with E-state index in [0.717, 1.165) is 23.9 Å². The van der Waals surface area contributed by atoms with Crippen LogP contribution in [0.4, 0.5) is 0 Å². The Bertz CT molecular complexity index is 583. The van der Waals surface area contributed by atoms with E-state index in [4.69, 9.17) is 0 Å². The molecule has 0 saturated carbocycles. The van der Waals surface area contributed by atoms with Gasteiger partial charge in [0.1, 0.15) is 0 Å². The molecule has 3 heteroatoms. The smallest absolute Gasteiger partial charge is 0.0702 e. The van der Waals surface area contributed by atoms with Gasteiger partial charge in [0.2, 0.25) is 0 Å². The lowest BCUT2D eigenvalue weighted by Crippen LogP contribution is -2.25. The van der Waals surface area contributed by atoms with Gasteiger partial charge in [-0.25, -0.2) is 0 Å². The Morgan fingerprint density at radius 2 is 1.95 bits per heavy atom. The minimum absolute atomic E-state index is 0.869. The van der Waals surface area contributed by atoms with Gasteiger partial charge in [-0.15, -0.1) is 0 Å². The fourth-order valence-electron chi connectivity index (χ4n) is 3.54. The first-order valence-electron chi connectivity index (χ1n) is 7.15. The van der Waals surface area contributed by atoms with E-state index in [1.54, 1.807) is 0 Å². The number of fused-ring (bicyclic) bond motifs is 2. The van der Waals surface area contributed by atoms with E-state index in [9.17, 15) is 0 Å². The first-order valence-corrected chi connectivity index (χ1v) is 7.15. The van der Waals surface area contributed by atoms with Crippen molar-refractivity contribution in [3.8, 4) is 0 Å². The van der Waals surface area contributed by atoms with E-state index in [2.05, 4.69) is 39.5 Å². The molecule has 0 radical (unpaired) electrons. The monoisotopic (exact) mass is 253 g/mol. The van der Waals surface area contributed by atoms with Crippen molar-refractivity contribution < 1.29 is 0 Å². The lowest BCUT2D eigenvalue weighted by molar-refractivity contribution is 0.305. The van der Waals surface area contributed by atoms with Crippen LogP contribution in [0.5, 0.6) is 0 Å². The molecule has 2 aliphatic rings. The maximum Gasteiger partial charge on any atom is 0.0702 e. The van der Waals surface area contributed by atoms with Crippen molar-refractivity contribution in [2.24, 2.45) is 11.8 Å². The number of hydrogen-bond acceptors (Lipinski definition) is 3. The molecule has 98 valence electrons. The van der Waals surface area contributed by atoms with E-state index in [1.807, 2.05) is 12.3 Å². The number of rotatable bonds is 2. The van der Waals surface area contributed by atoms with Gasteiger partial charge >= 0.3 is 0 Å². The largest absolute Gasteiger partial charge is 0.316 e. The second-order valence-corrected chi connectivity index (χ2v) is 5.91. The molecule has 3 nitrogen and oxygen atoms in total. The SMILES string of the molecule is c1ccc2ncc(CN3C[C@H]4CNC[C@H]4C3)cc2c1. The zero-order valence-electron chi connectivity index (χ0n) is 11.0. The third kappa shape index (κ3) is 2.13. The summed E-state index contributed by atoms with van der Waals surface area (Å²) in [7, 11) is 0. The van der Waals surface area contributed by atoms with Crippen LogP contribution in [0, 0.1) is 11.8 Å². The van der Waals surface area contributed by atoms with Crippen LogP contribution >= 0.6 is 0 Å². The maximum atomic E-state index is 4.56. The Hall–Kier alpha value is -1.45. The molecule has 0 bridgehead atoms. The van der Waals surface area contributed by atoms with Gasteiger partial charge in [0.15, 0.2) is 0 Å². The molecule has 19 heavy (non-hydrogen) atoms. The highest BCUT2D eigenvalue weighted by Gasteiger charge is 2.35. The Morgan fingerprint density at radius 3 is 2.79 bits per heavy atom. The van der Waals surface area contributed by atoms with Crippen LogP contribution in [0.3, 0.4) is 0 Å². The molecule has 0 spiro atoms. The Morgan fingerprint density at radius 1 is 1.16 bits per heavy atom. The summed E-state index contributed by atoms with van der Waals surface area (Å²) in [5.74, 6) is 1.74. The van der Waals surface area contributed by atoms with E-state index in [-0.39, 0.29) is 0 Å². The number of para-hydroxylation sites is 1. The standard InChI is InChI=1S/C16H19N3/c1-2-4-16-13(3-1)5-12(6-18-16)9-19-10-14-7-17-8-15(14)11-19/h1-6,14-15,17H,7-11H2/t14-,15+. The number of nitrogens with one attached hydrogen (secondary N) is 1. The number of likely N-dealkylation sites (tertiary alicyclic amines) is 1. The number of pyridine rings is 1. The molecule has 2 atom stereocenters. The molecule has 0 amide bonds. The Labute approximate surface area is 113 Å². The van der Waals surface area contributed by atoms with Gasteiger partial charge in [0.05, 0.1) is 5.52 Å². The predicted octanol–water partition coefficient (Wildman–Crippen LogP) is 1.89. The van der Waals surface area contributed by atoms with E-state index >= 15 is 0 Å². The predicted molar refractivity (Wildman–Crippen MR) is 76.9 cm³/mol. The summed E-state index contributed by atoms with van der Waals surface area (Å²) in [6, 6.07) is 10.6. The first kappa shape index (κ1) is 11.4. The summed E-state index contributed by atoms with van der Waals surface area (Å²) in [5.41, 5.74) is 2.43. The molecule has 2 fully saturated rings. The molecule has 0 unspecified atom stereocenters. The Balaban J connectivity index is 1.52. The highest BCUT2D eigenvalue weighted by molar-refractivity contribution is 5.78. The fourth-order valence-corrected chi connectivity index (χ4v) is 3.54. The van der Waals surface area contributed by atoms with Crippen molar-refractivity contribution in [2.75, 3.05) is 26.2 Å². The van der Waals surface area contributed by atoms with Crippen molar-refractivity contribution in [3.05, 3.63) is 42.1 Å².